The Balaban J connectivity index is 0.00000261. The Bertz CT molecular complexity index is 747. The predicted octanol–water partition coefficient (Wildman–Crippen LogP) is 4.12. The van der Waals surface area contributed by atoms with Gasteiger partial charge in [-0.3, -0.25) is 4.99 Å². The van der Waals surface area contributed by atoms with Gasteiger partial charge in [0.1, 0.15) is 0 Å². The zero-order valence-corrected chi connectivity index (χ0v) is 19.8. The molecule has 2 N–H and O–H groups in total. The normalized spacial score (nSPS) is 17.1. The molecule has 27 heavy (non-hydrogen) atoms. The summed E-state index contributed by atoms with van der Waals surface area (Å²) in [6.07, 6.45) is 1.08. The van der Waals surface area contributed by atoms with Crippen LogP contribution in [-0.2, 0) is 6.54 Å². The van der Waals surface area contributed by atoms with Gasteiger partial charge in [0, 0.05) is 42.4 Å². The van der Waals surface area contributed by atoms with E-state index in [0.717, 1.165) is 41.4 Å². The zero-order valence-electron chi connectivity index (χ0n) is 15.9. The van der Waals surface area contributed by atoms with Crippen molar-refractivity contribution in [1.82, 2.24) is 15.8 Å². The lowest BCUT2D eigenvalue weighted by molar-refractivity contribution is 0.371. The minimum atomic E-state index is 0. The van der Waals surface area contributed by atoms with Crippen molar-refractivity contribution in [2.45, 2.75) is 38.8 Å². The van der Waals surface area contributed by atoms with Crippen molar-refractivity contribution < 1.29 is 4.52 Å². The van der Waals surface area contributed by atoms with E-state index < -0.39 is 0 Å². The molecule has 8 heteroatoms. The maximum atomic E-state index is 5.37. The van der Waals surface area contributed by atoms with Crippen LogP contribution in [0.5, 0.6) is 0 Å². The topological polar surface area (TPSA) is 65.7 Å². The van der Waals surface area contributed by atoms with E-state index in [1.54, 1.807) is 7.05 Å². The van der Waals surface area contributed by atoms with Crippen LogP contribution in [-0.4, -0.2) is 37.3 Å². The summed E-state index contributed by atoms with van der Waals surface area (Å²) in [4.78, 5) is 6.72. The second-order valence-electron chi connectivity index (χ2n) is 6.85. The number of hydrogen-bond acceptors (Lipinski definition) is 4. The molecule has 0 bridgehead atoms. The molecular formula is C19H27BrIN5O. The third-order valence-electron chi connectivity index (χ3n) is 4.54. The van der Waals surface area contributed by atoms with Gasteiger partial charge in [0.25, 0.3) is 0 Å². The minimum absolute atomic E-state index is 0. The number of nitrogens with zero attached hydrogens (tertiary/aromatic N) is 3. The molecule has 0 amide bonds. The van der Waals surface area contributed by atoms with Crippen molar-refractivity contribution in [3.05, 3.63) is 46.3 Å². The number of benzene rings is 1. The SMILES string of the molecule is CN=C(NCc1cc(C(C)C)no1)NC1CCN(c2ccc(Br)cc2)C1.I. The Hall–Kier alpha value is -1.29. The zero-order chi connectivity index (χ0) is 18.5. The summed E-state index contributed by atoms with van der Waals surface area (Å²) < 4.78 is 6.47. The van der Waals surface area contributed by atoms with Crippen LogP contribution in [0.1, 0.15) is 37.6 Å². The van der Waals surface area contributed by atoms with E-state index in [1.807, 2.05) is 6.07 Å². The summed E-state index contributed by atoms with van der Waals surface area (Å²) in [6.45, 7) is 6.78. The van der Waals surface area contributed by atoms with E-state index in [-0.39, 0.29) is 24.0 Å². The molecule has 0 spiro atoms. The average Bonchev–Trinajstić information content (AvgIpc) is 3.29. The van der Waals surface area contributed by atoms with E-state index >= 15 is 0 Å². The molecule has 0 saturated carbocycles. The van der Waals surface area contributed by atoms with Crippen molar-refractivity contribution in [3.8, 4) is 0 Å². The van der Waals surface area contributed by atoms with E-state index in [2.05, 4.69) is 79.7 Å². The summed E-state index contributed by atoms with van der Waals surface area (Å²) in [6, 6.07) is 10.8. The fourth-order valence-corrected chi connectivity index (χ4v) is 3.27. The number of nitrogens with one attached hydrogen (secondary N) is 2. The highest BCUT2D eigenvalue weighted by Gasteiger charge is 2.23. The number of aromatic nitrogens is 1. The molecule has 1 atom stereocenters. The van der Waals surface area contributed by atoms with Crippen molar-refractivity contribution in [1.29, 1.82) is 0 Å². The lowest BCUT2D eigenvalue weighted by Gasteiger charge is -2.20. The third kappa shape index (κ3) is 6.10. The Morgan fingerprint density at radius 2 is 2.11 bits per heavy atom. The molecule has 1 fully saturated rings. The van der Waals surface area contributed by atoms with Crippen molar-refractivity contribution in [2.24, 2.45) is 4.99 Å². The summed E-state index contributed by atoms with van der Waals surface area (Å²) in [7, 11) is 1.79. The van der Waals surface area contributed by atoms with Crippen LogP contribution >= 0.6 is 39.9 Å². The molecule has 0 aliphatic carbocycles. The van der Waals surface area contributed by atoms with Gasteiger partial charge < -0.3 is 20.1 Å². The highest BCUT2D eigenvalue weighted by molar-refractivity contribution is 14.0. The van der Waals surface area contributed by atoms with E-state index in [1.165, 1.54) is 5.69 Å². The van der Waals surface area contributed by atoms with Gasteiger partial charge in [-0.2, -0.15) is 0 Å². The smallest absolute Gasteiger partial charge is 0.191 e. The molecule has 1 aromatic heterocycles. The van der Waals surface area contributed by atoms with Crippen LogP contribution in [0.4, 0.5) is 5.69 Å². The summed E-state index contributed by atoms with van der Waals surface area (Å²) in [5, 5.41) is 10.9. The minimum Gasteiger partial charge on any atom is -0.369 e. The van der Waals surface area contributed by atoms with Gasteiger partial charge in [-0.15, -0.1) is 24.0 Å². The van der Waals surface area contributed by atoms with Gasteiger partial charge in [0.15, 0.2) is 11.7 Å². The van der Waals surface area contributed by atoms with Crippen molar-refractivity contribution >= 4 is 51.6 Å². The van der Waals surface area contributed by atoms with Gasteiger partial charge in [0.2, 0.25) is 0 Å². The maximum Gasteiger partial charge on any atom is 0.191 e. The third-order valence-corrected chi connectivity index (χ3v) is 5.07. The second kappa shape index (κ2) is 10.3. The Labute approximate surface area is 186 Å². The fraction of sp³-hybridized carbons (Fsp3) is 0.474. The first-order valence-electron chi connectivity index (χ1n) is 8.98. The number of rotatable bonds is 5. The van der Waals surface area contributed by atoms with E-state index in [4.69, 9.17) is 4.52 Å². The van der Waals surface area contributed by atoms with Gasteiger partial charge in [-0.05, 0) is 36.6 Å². The van der Waals surface area contributed by atoms with Gasteiger partial charge in [-0.25, -0.2) is 0 Å². The van der Waals surface area contributed by atoms with Crippen molar-refractivity contribution in [3.63, 3.8) is 0 Å². The highest BCUT2D eigenvalue weighted by Crippen LogP contribution is 2.22. The molecule has 1 aliphatic rings. The molecule has 148 valence electrons. The molecule has 1 saturated heterocycles. The standard InChI is InChI=1S/C19H26BrN5O.HI/c1-13(2)18-10-17(26-24-18)11-22-19(21-3)23-15-8-9-25(12-15)16-6-4-14(20)5-7-16;/h4-7,10,13,15H,8-9,11-12H2,1-3H3,(H2,21,22,23);1H. The number of hydrogen-bond donors (Lipinski definition) is 2. The van der Waals surface area contributed by atoms with Gasteiger partial charge >= 0.3 is 0 Å². The van der Waals surface area contributed by atoms with Crippen LogP contribution in [0.3, 0.4) is 0 Å². The number of halogens is 2. The monoisotopic (exact) mass is 547 g/mol. The second-order valence-corrected chi connectivity index (χ2v) is 7.77. The van der Waals surface area contributed by atoms with Crippen LogP contribution < -0.4 is 15.5 Å². The Morgan fingerprint density at radius 1 is 1.37 bits per heavy atom. The molecule has 1 aliphatic heterocycles. The molecule has 6 nitrogen and oxygen atoms in total. The molecule has 2 aromatic rings. The fourth-order valence-electron chi connectivity index (χ4n) is 3.01. The molecule has 3 rings (SSSR count). The van der Waals surface area contributed by atoms with Crippen molar-refractivity contribution in [2.75, 3.05) is 25.0 Å². The number of anilines is 1. The summed E-state index contributed by atoms with van der Waals surface area (Å²) in [5.74, 6) is 1.97. The van der Waals surface area contributed by atoms with Crippen LogP contribution in [0.15, 0.2) is 44.3 Å². The highest BCUT2D eigenvalue weighted by atomic mass is 127. The molecule has 0 radical (unpaired) electrons. The molecular weight excluding hydrogens is 521 g/mol. The summed E-state index contributed by atoms with van der Waals surface area (Å²) in [5.41, 5.74) is 2.23. The molecule has 1 unspecified atom stereocenters. The van der Waals surface area contributed by atoms with Gasteiger partial charge in [-0.1, -0.05) is 34.9 Å². The van der Waals surface area contributed by atoms with Gasteiger partial charge in [0.05, 0.1) is 12.2 Å². The van der Waals surface area contributed by atoms with Crippen LogP contribution in [0.25, 0.3) is 0 Å². The molecule has 2 heterocycles. The van der Waals surface area contributed by atoms with Crippen LogP contribution in [0, 0.1) is 0 Å². The quantitative estimate of drug-likeness (QED) is 0.335. The molecule has 1 aromatic carbocycles. The van der Waals surface area contributed by atoms with Crippen LogP contribution in [0.2, 0.25) is 0 Å². The number of guanidine groups is 1. The number of aliphatic imine (C=N–C) groups is 1. The largest absolute Gasteiger partial charge is 0.369 e. The van der Waals surface area contributed by atoms with E-state index in [0.29, 0.717) is 18.5 Å². The summed E-state index contributed by atoms with van der Waals surface area (Å²) >= 11 is 3.49. The first-order chi connectivity index (χ1) is 12.5. The lowest BCUT2D eigenvalue weighted by Crippen LogP contribution is -2.44. The first-order valence-corrected chi connectivity index (χ1v) is 9.77. The average molecular weight is 548 g/mol. The van der Waals surface area contributed by atoms with E-state index in [9.17, 15) is 0 Å². The Morgan fingerprint density at radius 3 is 2.74 bits per heavy atom. The lowest BCUT2D eigenvalue weighted by atomic mass is 10.1. The predicted molar refractivity (Wildman–Crippen MR) is 124 cm³/mol. The first kappa shape index (κ1) is 22.0. The Kier molecular flexibility index (Phi) is 8.40. The maximum absolute atomic E-state index is 5.37.